The zero-order valence-corrected chi connectivity index (χ0v) is 5.70. The highest BCUT2D eigenvalue weighted by Crippen LogP contribution is 1.99. The van der Waals surface area contributed by atoms with Crippen LogP contribution in [-0.2, 0) is 6.61 Å². The van der Waals surface area contributed by atoms with Crippen molar-refractivity contribution in [2.45, 2.75) is 6.61 Å². The van der Waals surface area contributed by atoms with Gasteiger partial charge in [-0.25, -0.2) is 9.97 Å². The molecule has 0 aromatic carbocycles. The van der Waals surface area contributed by atoms with E-state index in [1.54, 1.807) is 19.4 Å². The van der Waals surface area contributed by atoms with Crippen LogP contribution in [0.5, 0.6) is 0 Å². The third kappa shape index (κ3) is 1.41. The average molecular weight is 139 g/mol. The second kappa shape index (κ2) is 3.12. The molecule has 4 nitrogen and oxygen atoms in total. The highest BCUT2D eigenvalue weighted by Gasteiger charge is 1.91. The van der Waals surface area contributed by atoms with E-state index in [9.17, 15) is 0 Å². The summed E-state index contributed by atoms with van der Waals surface area (Å²) in [6.07, 6.45) is 3.25. The second-order valence-electron chi connectivity index (χ2n) is 1.80. The topological polar surface area (TPSA) is 58.0 Å². The lowest BCUT2D eigenvalue weighted by Crippen LogP contribution is -1.96. The Morgan fingerprint density at radius 1 is 1.50 bits per heavy atom. The maximum atomic E-state index is 8.56. The zero-order valence-electron chi connectivity index (χ0n) is 5.70. The number of rotatable bonds is 2. The smallest absolute Gasteiger partial charge is 0.153 e. The Hall–Kier alpha value is -1.16. The van der Waals surface area contributed by atoms with Crippen LogP contribution in [0.2, 0.25) is 0 Å². The molecule has 0 aliphatic rings. The Morgan fingerprint density at radius 2 is 2.10 bits per heavy atom. The van der Waals surface area contributed by atoms with E-state index in [-0.39, 0.29) is 6.61 Å². The lowest BCUT2D eigenvalue weighted by atomic mass is 10.5. The number of aliphatic hydroxyl groups is 1. The van der Waals surface area contributed by atoms with E-state index in [2.05, 4.69) is 15.3 Å². The van der Waals surface area contributed by atoms with Crippen molar-refractivity contribution in [3.8, 4) is 0 Å². The van der Waals surface area contributed by atoms with E-state index in [0.717, 1.165) is 5.69 Å². The molecule has 0 saturated heterocycles. The Balaban J connectivity index is 2.80. The molecule has 0 fully saturated rings. The Bertz CT molecular complexity index is 174. The van der Waals surface area contributed by atoms with Gasteiger partial charge in [-0.2, -0.15) is 0 Å². The SMILES string of the molecule is CNc1cnc(CO)nc1. The van der Waals surface area contributed by atoms with Gasteiger partial charge >= 0.3 is 0 Å². The van der Waals surface area contributed by atoms with Gasteiger partial charge in [-0.05, 0) is 0 Å². The van der Waals surface area contributed by atoms with Crippen molar-refractivity contribution in [2.75, 3.05) is 12.4 Å². The Kier molecular flexibility index (Phi) is 2.17. The van der Waals surface area contributed by atoms with Gasteiger partial charge in [0.1, 0.15) is 6.61 Å². The molecule has 4 heteroatoms. The molecule has 10 heavy (non-hydrogen) atoms. The van der Waals surface area contributed by atoms with Gasteiger partial charge in [0.15, 0.2) is 5.82 Å². The molecule has 1 aromatic heterocycles. The predicted octanol–water partition coefficient (Wildman–Crippen LogP) is 0.0106. The van der Waals surface area contributed by atoms with Crippen molar-refractivity contribution < 1.29 is 5.11 Å². The minimum absolute atomic E-state index is 0.107. The number of nitrogens with one attached hydrogen (secondary N) is 1. The van der Waals surface area contributed by atoms with E-state index in [1.165, 1.54) is 0 Å². The van der Waals surface area contributed by atoms with Gasteiger partial charge < -0.3 is 10.4 Å². The molecule has 0 aliphatic carbocycles. The van der Waals surface area contributed by atoms with Gasteiger partial charge in [0, 0.05) is 7.05 Å². The Labute approximate surface area is 58.9 Å². The third-order valence-electron chi connectivity index (χ3n) is 1.14. The lowest BCUT2D eigenvalue weighted by molar-refractivity contribution is 0.271. The lowest BCUT2D eigenvalue weighted by Gasteiger charge is -1.97. The van der Waals surface area contributed by atoms with Crippen LogP contribution < -0.4 is 5.32 Å². The second-order valence-corrected chi connectivity index (χ2v) is 1.80. The number of aliphatic hydroxyl groups excluding tert-OH is 1. The maximum absolute atomic E-state index is 8.56. The highest BCUT2D eigenvalue weighted by molar-refractivity contribution is 5.36. The summed E-state index contributed by atoms with van der Waals surface area (Å²) in [5.41, 5.74) is 0.845. The number of hydrogen-bond acceptors (Lipinski definition) is 4. The van der Waals surface area contributed by atoms with Crippen LogP contribution in [0.1, 0.15) is 5.82 Å². The molecular formula is C6H9N3O. The largest absolute Gasteiger partial charge is 0.388 e. The number of aromatic nitrogens is 2. The van der Waals surface area contributed by atoms with Gasteiger partial charge in [-0.3, -0.25) is 0 Å². The summed E-state index contributed by atoms with van der Waals surface area (Å²) in [5.74, 6) is 0.444. The monoisotopic (exact) mass is 139 g/mol. The molecule has 54 valence electrons. The van der Waals surface area contributed by atoms with Crippen molar-refractivity contribution in [1.82, 2.24) is 9.97 Å². The fraction of sp³-hybridized carbons (Fsp3) is 0.333. The summed E-state index contributed by atoms with van der Waals surface area (Å²) in [6, 6.07) is 0. The van der Waals surface area contributed by atoms with Crippen LogP contribution in [-0.4, -0.2) is 22.1 Å². The van der Waals surface area contributed by atoms with Crippen LogP contribution in [0.4, 0.5) is 5.69 Å². The standard InChI is InChI=1S/C6H9N3O/c1-7-5-2-8-6(4-10)9-3-5/h2-3,7,10H,4H2,1H3. The van der Waals surface area contributed by atoms with Crippen LogP contribution in [0.3, 0.4) is 0 Å². The Morgan fingerprint density at radius 3 is 2.50 bits per heavy atom. The molecule has 0 atom stereocenters. The first-order chi connectivity index (χ1) is 4.86. The molecule has 0 unspecified atom stereocenters. The first kappa shape index (κ1) is 6.95. The molecule has 1 heterocycles. The first-order valence-corrected chi connectivity index (χ1v) is 2.96. The molecule has 0 amide bonds. The van der Waals surface area contributed by atoms with Crippen molar-refractivity contribution in [1.29, 1.82) is 0 Å². The number of anilines is 1. The summed E-state index contributed by atoms with van der Waals surface area (Å²) in [5, 5.41) is 11.4. The number of nitrogens with zero attached hydrogens (tertiary/aromatic N) is 2. The molecule has 0 saturated carbocycles. The summed E-state index contributed by atoms with van der Waals surface area (Å²) in [6.45, 7) is -0.107. The fourth-order valence-corrected chi connectivity index (χ4v) is 0.566. The van der Waals surface area contributed by atoms with E-state index in [0.29, 0.717) is 5.82 Å². The van der Waals surface area contributed by atoms with E-state index < -0.39 is 0 Å². The molecule has 0 bridgehead atoms. The summed E-state index contributed by atoms with van der Waals surface area (Å²) >= 11 is 0. The van der Waals surface area contributed by atoms with Crippen LogP contribution in [0.15, 0.2) is 12.4 Å². The third-order valence-corrected chi connectivity index (χ3v) is 1.14. The number of hydrogen-bond donors (Lipinski definition) is 2. The molecular weight excluding hydrogens is 130 g/mol. The molecule has 0 aliphatic heterocycles. The molecule has 1 aromatic rings. The van der Waals surface area contributed by atoms with E-state index in [1.807, 2.05) is 0 Å². The van der Waals surface area contributed by atoms with Gasteiger partial charge in [-0.1, -0.05) is 0 Å². The van der Waals surface area contributed by atoms with Crippen molar-refractivity contribution in [3.05, 3.63) is 18.2 Å². The zero-order chi connectivity index (χ0) is 7.40. The normalized spacial score (nSPS) is 9.40. The van der Waals surface area contributed by atoms with Gasteiger partial charge in [0.25, 0.3) is 0 Å². The average Bonchev–Trinajstić information content (AvgIpc) is 2.05. The van der Waals surface area contributed by atoms with Crippen LogP contribution >= 0.6 is 0 Å². The highest BCUT2D eigenvalue weighted by atomic mass is 16.3. The molecule has 0 radical (unpaired) electrons. The molecule has 0 spiro atoms. The molecule has 1 rings (SSSR count). The first-order valence-electron chi connectivity index (χ1n) is 2.96. The minimum atomic E-state index is -0.107. The summed E-state index contributed by atoms with van der Waals surface area (Å²) in [4.78, 5) is 7.69. The van der Waals surface area contributed by atoms with Crippen LogP contribution in [0.25, 0.3) is 0 Å². The van der Waals surface area contributed by atoms with Gasteiger partial charge in [0.2, 0.25) is 0 Å². The minimum Gasteiger partial charge on any atom is -0.388 e. The van der Waals surface area contributed by atoms with Crippen molar-refractivity contribution in [2.24, 2.45) is 0 Å². The summed E-state index contributed by atoms with van der Waals surface area (Å²) in [7, 11) is 1.79. The van der Waals surface area contributed by atoms with Gasteiger partial charge in [-0.15, -0.1) is 0 Å². The fourth-order valence-electron chi connectivity index (χ4n) is 0.566. The van der Waals surface area contributed by atoms with E-state index in [4.69, 9.17) is 5.11 Å². The van der Waals surface area contributed by atoms with E-state index >= 15 is 0 Å². The maximum Gasteiger partial charge on any atom is 0.153 e. The quantitative estimate of drug-likeness (QED) is 0.606. The van der Waals surface area contributed by atoms with Crippen LogP contribution in [0, 0.1) is 0 Å². The van der Waals surface area contributed by atoms with Gasteiger partial charge in [0.05, 0.1) is 18.1 Å². The van der Waals surface area contributed by atoms with Crippen molar-refractivity contribution >= 4 is 5.69 Å². The summed E-state index contributed by atoms with van der Waals surface area (Å²) < 4.78 is 0. The predicted molar refractivity (Wildman–Crippen MR) is 37.5 cm³/mol. The van der Waals surface area contributed by atoms with Crippen molar-refractivity contribution in [3.63, 3.8) is 0 Å². The molecule has 2 N–H and O–H groups in total.